The van der Waals surface area contributed by atoms with E-state index >= 15 is 0 Å². The molecule has 0 aliphatic heterocycles. The molecule has 7 heteroatoms. The molecule has 4 rings (SSSR count). The van der Waals surface area contributed by atoms with Crippen LogP contribution >= 0.6 is 0 Å². The van der Waals surface area contributed by atoms with Crippen LogP contribution in [-0.2, 0) is 21.3 Å². The van der Waals surface area contributed by atoms with E-state index in [4.69, 9.17) is 9.16 Å². The summed E-state index contributed by atoms with van der Waals surface area (Å²) in [6, 6.07) is 3.09. The number of rotatable bonds is 7. The highest BCUT2D eigenvalue weighted by atomic mass is 28.4. The van der Waals surface area contributed by atoms with Crippen LogP contribution in [0.2, 0.25) is 43.8 Å². The van der Waals surface area contributed by atoms with Crippen molar-refractivity contribution in [2.75, 3.05) is 6.61 Å². The van der Waals surface area contributed by atoms with Crippen LogP contribution < -0.4 is 0 Å². The lowest BCUT2D eigenvalue weighted by atomic mass is 9.72. The van der Waals surface area contributed by atoms with Gasteiger partial charge in [-0.2, -0.15) is 0 Å². The lowest BCUT2D eigenvalue weighted by Gasteiger charge is -2.46. The molecule has 31 heavy (non-hydrogen) atoms. The van der Waals surface area contributed by atoms with Gasteiger partial charge in [0, 0.05) is 32.7 Å². The maximum atomic E-state index is 13.5. The van der Waals surface area contributed by atoms with Crippen molar-refractivity contribution in [1.82, 2.24) is 4.57 Å². The van der Waals surface area contributed by atoms with Gasteiger partial charge in [0.25, 0.3) is 0 Å². The van der Waals surface area contributed by atoms with Gasteiger partial charge >= 0.3 is 0 Å². The summed E-state index contributed by atoms with van der Waals surface area (Å²) in [7, 11) is -3.27. The molecule has 3 unspecified atom stereocenters. The van der Waals surface area contributed by atoms with Gasteiger partial charge in [0.1, 0.15) is 12.3 Å². The molecule has 0 radical (unpaired) electrons. The molecule has 2 bridgehead atoms. The van der Waals surface area contributed by atoms with Crippen LogP contribution in [0.15, 0.2) is 24.4 Å². The van der Waals surface area contributed by atoms with Crippen LogP contribution in [0, 0.1) is 0 Å². The van der Waals surface area contributed by atoms with Crippen molar-refractivity contribution in [3.8, 4) is 0 Å². The zero-order valence-electron chi connectivity index (χ0n) is 20.8. The lowest BCUT2D eigenvalue weighted by Crippen LogP contribution is -2.53. The number of hydrogen-bond donors (Lipinski definition) is 1. The Morgan fingerprint density at radius 2 is 1.84 bits per heavy atom. The molecule has 0 saturated heterocycles. The summed E-state index contributed by atoms with van der Waals surface area (Å²) in [6.45, 7) is 21.2. The van der Waals surface area contributed by atoms with Crippen molar-refractivity contribution < 1.29 is 19.1 Å². The van der Waals surface area contributed by atoms with E-state index in [9.17, 15) is 9.90 Å². The van der Waals surface area contributed by atoms with Gasteiger partial charge in [0.05, 0.1) is 11.8 Å². The van der Waals surface area contributed by atoms with E-state index in [1.54, 1.807) is 6.08 Å². The number of ketones is 1. The van der Waals surface area contributed by atoms with E-state index < -0.39 is 27.4 Å². The summed E-state index contributed by atoms with van der Waals surface area (Å²) in [5.41, 5.74) is -0.511. The third-order valence-corrected chi connectivity index (χ3v) is 13.7. The Hall–Kier alpha value is -0.996. The molecule has 0 saturated carbocycles. The Balaban J connectivity index is 1.93. The number of carbonyl (C=O) groups is 1. The third-order valence-electron chi connectivity index (χ3n) is 7.49. The first kappa shape index (κ1) is 24.6. The zero-order valence-corrected chi connectivity index (χ0v) is 22.8. The molecule has 1 aromatic rings. The third kappa shape index (κ3) is 4.57. The van der Waals surface area contributed by atoms with Crippen molar-refractivity contribution in [1.29, 1.82) is 0 Å². The van der Waals surface area contributed by atoms with E-state index in [1.165, 1.54) is 0 Å². The fourth-order valence-electron chi connectivity index (χ4n) is 4.12. The van der Waals surface area contributed by atoms with Gasteiger partial charge in [0.2, 0.25) is 5.78 Å². The molecule has 1 heterocycles. The Morgan fingerprint density at radius 1 is 1.19 bits per heavy atom. The zero-order chi connectivity index (χ0) is 23.5. The van der Waals surface area contributed by atoms with Crippen LogP contribution in [0.3, 0.4) is 0 Å². The molecule has 0 spiro atoms. The summed E-state index contributed by atoms with van der Waals surface area (Å²) in [5, 5.41) is 11.4. The number of hydrogen-bond acceptors (Lipinski definition) is 4. The highest BCUT2D eigenvalue weighted by Crippen LogP contribution is 2.49. The first-order chi connectivity index (χ1) is 14.0. The second-order valence-corrected chi connectivity index (χ2v) is 22.7. The number of carbonyl (C=O) groups excluding carboxylic acids is 1. The van der Waals surface area contributed by atoms with Gasteiger partial charge in [-0.05, 0) is 48.8 Å². The molecule has 1 aromatic heterocycles. The SMILES string of the molecule is CC12C=CC(O)(CC1O[Si](C)(C)C(C)(C)C)C(=O)c1c2ccn1COCC[Si](C)(C)C. The molecule has 0 fully saturated rings. The molecule has 174 valence electrons. The molecule has 3 aliphatic rings. The minimum absolute atomic E-state index is 0.0459. The van der Waals surface area contributed by atoms with Crippen molar-refractivity contribution in [3.05, 3.63) is 35.7 Å². The van der Waals surface area contributed by atoms with Crippen LogP contribution in [-0.4, -0.2) is 50.2 Å². The fourth-order valence-corrected chi connectivity index (χ4v) is 6.27. The second kappa shape index (κ2) is 7.80. The standard InChI is InChI=1S/C24H41NO4Si2/c1-22(2,3)31(8,9)29-19-16-24(27)12-11-23(19,4)18-10-13-25(20(18)21(24)26)17-28-14-15-30(5,6)7/h10-13,19,27H,14-17H2,1-9H3. The first-order valence-corrected chi connectivity index (χ1v) is 18.0. The molecule has 0 aromatic carbocycles. The van der Waals surface area contributed by atoms with Gasteiger partial charge in [-0.15, -0.1) is 0 Å². The molecule has 3 aliphatic carbocycles. The Morgan fingerprint density at radius 3 is 2.42 bits per heavy atom. The largest absolute Gasteiger partial charge is 0.413 e. The Kier molecular flexibility index (Phi) is 6.20. The topological polar surface area (TPSA) is 60.7 Å². The Bertz CT molecular complexity index is 877. The van der Waals surface area contributed by atoms with E-state index in [1.807, 2.05) is 22.9 Å². The van der Waals surface area contributed by atoms with Gasteiger partial charge in [-0.25, -0.2) is 0 Å². The quantitative estimate of drug-likeness (QED) is 0.337. The average Bonchev–Trinajstić information content (AvgIpc) is 2.98. The Labute approximate surface area is 190 Å². The van der Waals surface area contributed by atoms with Gasteiger partial charge < -0.3 is 18.8 Å². The summed E-state index contributed by atoms with van der Waals surface area (Å²) in [6.07, 6.45) is 5.64. The maximum Gasteiger partial charge on any atom is 0.215 e. The summed E-state index contributed by atoms with van der Waals surface area (Å²) in [5.74, 6) is -0.248. The number of Topliss-reactive ketones (excluding diaryl/α,β-unsaturated/α-hetero) is 1. The van der Waals surface area contributed by atoms with Crippen LogP contribution in [0.1, 0.15) is 50.2 Å². The van der Waals surface area contributed by atoms with Crippen LogP contribution in [0.4, 0.5) is 0 Å². The van der Waals surface area contributed by atoms with Crippen LogP contribution in [0.25, 0.3) is 0 Å². The fraction of sp³-hybridized carbons (Fsp3) is 0.708. The molecule has 1 N–H and O–H groups in total. The minimum Gasteiger partial charge on any atom is -0.413 e. The number of fused-ring (bicyclic) bond motifs is 1. The maximum absolute atomic E-state index is 13.5. The van der Waals surface area contributed by atoms with Gasteiger partial charge in [-0.3, -0.25) is 4.79 Å². The monoisotopic (exact) mass is 463 g/mol. The predicted molar refractivity (Wildman–Crippen MR) is 131 cm³/mol. The molecule has 3 atom stereocenters. The number of ether oxygens (including phenoxy) is 1. The molecular formula is C24H41NO4Si2. The second-order valence-electron chi connectivity index (χ2n) is 12.3. The minimum atomic E-state index is -2.10. The number of nitrogens with zero attached hydrogens (tertiary/aromatic N) is 1. The predicted octanol–water partition coefficient (Wildman–Crippen LogP) is 5.34. The van der Waals surface area contributed by atoms with E-state index in [-0.39, 0.29) is 23.3 Å². The first-order valence-electron chi connectivity index (χ1n) is 11.4. The van der Waals surface area contributed by atoms with E-state index in [0.29, 0.717) is 19.0 Å². The summed E-state index contributed by atoms with van der Waals surface area (Å²) in [4.78, 5) is 13.5. The smallest absolute Gasteiger partial charge is 0.215 e. The molecular weight excluding hydrogens is 422 g/mol. The average molecular weight is 464 g/mol. The molecule has 5 nitrogen and oxygen atoms in total. The van der Waals surface area contributed by atoms with E-state index in [2.05, 4.69) is 60.4 Å². The highest BCUT2D eigenvalue weighted by molar-refractivity contribution is 6.76. The van der Waals surface area contributed by atoms with Crippen molar-refractivity contribution in [2.24, 2.45) is 0 Å². The molecule has 0 amide bonds. The van der Waals surface area contributed by atoms with Gasteiger partial charge in [-0.1, -0.05) is 46.5 Å². The number of aliphatic hydroxyl groups is 1. The lowest BCUT2D eigenvalue weighted by molar-refractivity contribution is 0.00986. The van der Waals surface area contributed by atoms with Gasteiger partial charge in [0.15, 0.2) is 8.32 Å². The van der Waals surface area contributed by atoms with Crippen molar-refractivity contribution >= 4 is 22.2 Å². The van der Waals surface area contributed by atoms with E-state index in [0.717, 1.165) is 11.6 Å². The summed E-state index contributed by atoms with van der Waals surface area (Å²) >= 11 is 0. The normalized spacial score (nSPS) is 28.7. The number of aromatic nitrogens is 1. The summed E-state index contributed by atoms with van der Waals surface area (Å²) < 4.78 is 14.6. The van der Waals surface area contributed by atoms with Crippen LogP contribution in [0.5, 0.6) is 0 Å². The van der Waals surface area contributed by atoms with Crippen molar-refractivity contribution in [2.45, 2.75) is 102 Å². The van der Waals surface area contributed by atoms with Crippen molar-refractivity contribution in [3.63, 3.8) is 0 Å². The highest BCUT2D eigenvalue weighted by Gasteiger charge is 2.56.